The lowest BCUT2D eigenvalue weighted by Gasteiger charge is -2.33. The Bertz CT molecular complexity index is 711. The van der Waals surface area contributed by atoms with Crippen LogP contribution in [0.5, 0.6) is 0 Å². The fraction of sp³-hybridized carbons (Fsp3) is 0.600. The van der Waals surface area contributed by atoms with E-state index in [-0.39, 0.29) is 28.1 Å². The third kappa shape index (κ3) is 3.52. The average Bonchev–Trinajstić information content (AvgIpc) is 2.84. The molecule has 0 bridgehead atoms. The minimum Gasteiger partial charge on any atom is -0.376 e. The first-order valence-electron chi connectivity index (χ1n) is 7.60. The number of hydrogen-bond acceptors (Lipinski definition) is 4. The van der Waals surface area contributed by atoms with E-state index in [1.807, 2.05) is 6.92 Å². The molecule has 2 fully saturated rings. The second-order valence-corrected chi connectivity index (χ2v) is 8.76. The highest BCUT2D eigenvalue weighted by atomic mass is 35.5. The van der Waals surface area contributed by atoms with Crippen LogP contribution >= 0.6 is 23.2 Å². The standard InChI is InChI=1S/C15H20Cl2N2O3S/c1-9-6-19-7-11(5-12(19)8-22-9)18-23(20,21)14-4-3-13(16)10(2)15(14)17/h3-4,9,11-12,18H,5-8H2,1-2H3/t9-,11+,12-/m0/s1. The van der Waals surface area contributed by atoms with Crippen molar-refractivity contribution in [3.8, 4) is 0 Å². The Hall–Kier alpha value is -0.370. The van der Waals surface area contributed by atoms with Crippen LogP contribution in [0.1, 0.15) is 18.9 Å². The van der Waals surface area contributed by atoms with Gasteiger partial charge in [-0.15, -0.1) is 0 Å². The van der Waals surface area contributed by atoms with Gasteiger partial charge >= 0.3 is 0 Å². The van der Waals surface area contributed by atoms with Crippen LogP contribution in [0, 0.1) is 6.92 Å². The molecule has 0 radical (unpaired) electrons. The van der Waals surface area contributed by atoms with Gasteiger partial charge in [0.25, 0.3) is 0 Å². The highest BCUT2D eigenvalue weighted by Crippen LogP contribution is 2.31. The molecule has 2 heterocycles. The fourth-order valence-corrected chi connectivity index (χ4v) is 5.30. The molecule has 0 unspecified atom stereocenters. The molecule has 2 aliphatic rings. The zero-order chi connectivity index (χ0) is 16.8. The van der Waals surface area contributed by atoms with Gasteiger partial charge in [0, 0.05) is 30.2 Å². The molecule has 0 saturated carbocycles. The van der Waals surface area contributed by atoms with E-state index < -0.39 is 10.0 Å². The topological polar surface area (TPSA) is 58.6 Å². The van der Waals surface area contributed by atoms with Gasteiger partial charge in [0.1, 0.15) is 4.90 Å². The summed E-state index contributed by atoms with van der Waals surface area (Å²) in [6.07, 6.45) is 0.936. The molecule has 1 N–H and O–H groups in total. The highest BCUT2D eigenvalue weighted by molar-refractivity contribution is 7.89. The van der Waals surface area contributed by atoms with Gasteiger partial charge in [0.2, 0.25) is 10.0 Å². The minimum atomic E-state index is -3.68. The van der Waals surface area contributed by atoms with Gasteiger partial charge in [-0.2, -0.15) is 0 Å². The number of ether oxygens (including phenoxy) is 1. The quantitative estimate of drug-likeness (QED) is 0.877. The van der Waals surface area contributed by atoms with Gasteiger partial charge in [-0.25, -0.2) is 13.1 Å². The molecular formula is C15H20Cl2N2O3S. The molecule has 1 aromatic rings. The second kappa shape index (κ2) is 6.50. The molecular weight excluding hydrogens is 359 g/mol. The van der Waals surface area contributed by atoms with Gasteiger partial charge in [0.15, 0.2) is 0 Å². The van der Waals surface area contributed by atoms with Crippen LogP contribution in [0.15, 0.2) is 17.0 Å². The van der Waals surface area contributed by atoms with Crippen LogP contribution in [0.3, 0.4) is 0 Å². The molecule has 0 amide bonds. The Morgan fingerprint density at radius 3 is 2.78 bits per heavy atom. The predicted octanol–water partition coefficient (Wildman–Crippen LogP) is 2.44. The van der Waals surface area contributed by atoms with Crippen LogP contribution in [0.4, 0.5) is 0 Å². The van der Waals surface area contributed by atoms with E-state index in [2.05, 4.69) is 9.62 Å². The SMILES string of the molecule is Cc1c(Cl)ccc(S(=O)(=O)N[C@@H]2C[C@H]3CO[C@@H](C)CN3C2)c1Cl. The molecule has 1 aromatic carbocycles. The first-order chi connectivity index (χ1) is 10.8. The lowest BCUT2D eigenvalue weighted by molar-refractivity contribution is -0.0390. The van der Waals surface area contributed by atoms with Crippen molar-refractivity contribution in [3.63, 3.8) is 0 Å². The first kappa shape index (κ1) is 17.5. The molecule has 0 aromatic heterocycles. The predicted molar refractivity (Wildman–Crippen MR) is 90.7 cm³/mol. The number of morpholine rings is 1. The number of halogens is 2. The lowest BCUT2D eigenvalue weighted by atomic mass is 10.2. The number of hydrogen-bond donors (Lipinski definition) is 1. The maximum atomic E-state index is 12.7. The van der Waals surface area contributed by atoms with Crippen LogP contribution in [-0.4, -0.2) is 51.2 Å². The fourth-order valence-electron chi connectivity index (χ4n) is 3.25. The molecule has 0 spiro atoms. The smallest absolute Gasteiger partial charge is 0.242 e. The Balaban J connectivity index is 1.76. The Morgan fingerprint density at radius 2 is 2.04 bits per heavy atom. The van der Waals surface area contributed by atoms with Gasteiger partial charge in [0.05, 0.1) is 17.7 Å². The van der Waals surface area contributed by atoms with Crippen LogP contribution in [0.25, 0.3) is 0 Å². The van der Waals surface area contributed by atoms with Gasteiger partial charge in [-0.05, 0) is 38.0 Å². The monoisotopic (exact) mass is 378 g/mol. The summed E-state index contributed by atoms with van der Waals surface area (Å²) in [6.45, 7) is 5.92. The molecule has 3 rings (SSSR count). The van der Waals surface area contributed by atoms with E-state index in [0.717, 1.165) is 13.0 Å². The molecule has 2 saturated heterocycles. The van der Waals surface area contributed by atoms with Crippen LogP contribution in [-0.2, 0) is 14.8 Å². The van der Waals surface area contributed by atoms with Crippen molar-refractivity contribution in [2.24, 2.45) is 0 Å². The van der Waals surface area contributed by atoms with Gasteiger partial charge in [-0.3, -0.25) is 4.90 Å². The number of fused-ring (bicyclic) bond motifs is 1. The molecule has 2 aliphatic heterocycles. The average molecular weight is 379 g/mol. The largest absolute Gasteiger partial charge is 0.376 e. The Morgan fingerprint density at radius 1 is 1.30 bits per heavy atom. The summed E-state index contributed by atoms with van der Waals surface area (Å²) in [5.41, 5.74) is 0.572. The molecule has 128 valence electrons. The Labute approximate surface area is 146 Å². The number of benzene rings is 1. The van der Waals surface area contributed by atoms with Gasteiger partial charge in [-0.1, -0.05) is 23.2 Å². The van der Waals surface area contributed by atoms with E-state index in [9.17, 15) is 8.42 Å². The summed E-state index contributed by atoms with van der Waals surface area (Å²) in [5, 5.41) is 0.635. The number of sulfonamides is 1. The molecule has 23 heavy (non-hydrogen) atoms. The molecule has 0 aliphatic carbocycles. The van der Waals surface area contributed by atoms with Crippen molar-refractivity contribution < 1.29 is 13.2 Å². The van der Waals surface area contributed by atoms with E-state index in [1.165, 1.54) is 6.07 Å². The van der Waals surface area contributed by atoms with Crippen molar-refractivity contribution in [3.05, 3.63) is 27.7 Å². The molecule has 3 atom stereocenters. The molecule has 8 heteroatoms. The molecule has 5 nitrogen and oxygen atoms in total. The van der Waals surface area contributed by atoms with Gasteiger partial charge < -0.3 is 4.74 Å². The maximum absolute atomic E-state index is 12.7. The summed E-state index contributed by atoms with van der Waals surface area (Å²) in [6, 6.07) is 3.16. The normalized spacial score (nSPS) is 28.8. The Kier molecular flexibility index (Phi) is 4.93. The number of nitrogens with zero attached hydrogens (tertiary/aromatic N) is 1. The third-order valence-corrected chi connectivity index (χ3v) is 7.06. The minimum absolute atomic E-state index is 0.0792. The van der Waals surface area contributed by atoms with Crippen LogP contribution in [0.2, 0.25) is 10.0 Å². The number of nitrogens with one attached hydrogen (secondary N) is 1. The zero-order valence-electron chi connectivity index (χ0n) is 13.1. The van der Waals surface area contributed by atoms with Crippen LogP contribution < -0.4 is 4.72 Å². The van der Waals surface area contributed by atoms with E-state index in [1.54, 1.807) is 13.0 Å². The van der Waals surface area contributed by atoms with E-state index in [0.29, 0.717) is 23.7 Å². The zero-order valence-corrected chi connectivity index (χ0v) is 15.4. The lowest BCUT2D eigenvalue weighted by Crippen LogP contribution is -2.45. The van der Waals surface area contributed by atoms with Crippen molar-refractivity contribution >= 4 is 33.2 Å². The maximum Gasteiger partial charge on any atom is 0.242 e. The second-order valence-electron chi connectivity index (χ2n) is 6.29. The van der Waals surface area contributed by atoms with Crippen molar-refractivity contribution in [1.82, 2.24) is 9.62 Å². The first-order valence-corrected chi connectivity index (χ1v) is 9.84. The van der Waals surface area contributed by atoms with E-state index >= 15 is 0 Å². The summed E-state index contributed by atoms with van der Waals surface area (Å²) in [5.74, 6) is 0. The van der Waals surface area contributed by atoms with Crippen molar-refractivity contribution in [1.29, 1.82) is 0 Å². The third-order valence-electron chi connectivity index (χ3n) is 4.49. The number of rotatable bonds is 3. The van der Waals surface area contributed by atoms with Crippen molar-refractivity contribution in [2.45, 2.75) is 43.4 Å². The van der Waals surface area contributed by atoms with E-state index in [4.69, 9.17) is 27.9 Å². The summed E-state index contributed by atoms with van der Waals surface area (Å²) in [7, 11) is -3.68. The summed E-state index contributed by atoms with van der Waals surface area (Å²) < 4.78 is 33.7. The highest BCUT2D eigenvalue weighted by Gasteiger charge is 2.38. The van der Waals surface area contributed by atoms with Crippen molar-refractivity contribution in [2.75, 3.05) is 19.7 Å². The summed E-state index contributed by atoms with van der Waals surface area (Å²) >= 11 is 12.2. The summed E-state index contributed by atoms with van der Waals surface area (Å²) in [4.78, 5) is 2.37.